The van der Waals surface area contributed by atoms with E-state index in [1.807, 2.05) is 60.7 Å². The summed E-state index contributed by atoms with van der Waals surface area (Å²) in [4.78, 5) is 0. The predicted molar refractivity (Wildman–Crippen MR) is 128 cm³/mol. The Balaban J connectivity index is 1.53. The van der Waals surface area contributed by atoms with E-state index in [1.54, 1.807) is 11.8 Å². The third-order valence-corrected chi connectivity index (χ3v) is 6.15. The van der Waals surface area contributed by atoms with Gasteiger partial charge in [-0.15, -0.1) is 10.2 Å². The van der Waals surface area contributed by atoms with E-state index in [4.69, 9.17) is 14.6 Å². The summed E-state index contributed by atoms with van der Waals surface area (Å²) in [6.45, 7) is 4.87. The smallest absolute Gasteiger partial charge is 0.215 e. The molecule has 0 saturated heterocycles. The lowest BCUT2D eigenvalue weighted by atomic mass is 10.1. The van der Waals surface area contributed by atoms with Crippen LogP contribution in [0.4, 0.5) is 0 Å². The maximum Gasteiger partial charge on any atom is 0.215 e. The number of hydrogen-bond donors (Lipinski definition) is 1. The fourth-order valence-electron chi connectivity index (χ4n) is 3.44. The Labute approximate surface area is 196 Å². The molecule has 1 unspecified atom stereocenters. The molecule has 8 nitrogen and oxygen atoms in total. The van der Waals surface area contributed by atoms with Crippen LogP contribution in [-0.4, -0.2) is 49.9 Å². The molecule has 0 aliphatic carbocycles. The summed E-state index contributed by atoms with van der Waals surface area (Å²) < 4.78 is 13.3. The van der Waals surface area contributed by atoms with Gasteiger partial charge in [0.1, 0.15) is 17.2 Å². The molecule has 168 valence electrons. The first-order chi connectivity index (χ1) is 16.1. The highest BCUT2D eigenvalue weighted by atomic mass is 32.2. The van der Waals surface area contributed by atoms with Crippen LogP contribution in [0.1, 0.15) is 19.4 Å². The van der Waals surface area contributed by atoms with Crippen molar-refractivity contribution in [2.45, 2.75) is 24.4 Å². The van der Waals surface area contributed by atoms with E-state index in [0.29, 0.717) is 23.5 Å². The van der Waals surface area contributed by atoms with Crippen molar-refractivity contribution in [3.8, 4) is 28.5 Å². The number of aromatic nitrogens is 5. The maximum atomic E-state index is 6.20. The number of benzene rings is 2. The summed E-state index contributed by atoms with van der Waals surface area (Å²) >= 11 is 1.50. The van der Waals surface area contributed by atoms with Crippen molar-refractivity contribution in [3.63, 3.8) is 0 Å². The van der Waals surface area contributed by atoms with Gasteiger partial charge in [0, 0.05) is 11.1 Å². The summed E-state index contributed by atoms with van der Waals surface area (Å²) in [6, 6.07) is 19.8. The fourth-order valence-corrected chi connectivity index (χ4v) is 4.39. The molecule has 1 atom stereocenters. The van der Waals surface area contributed by atoms with Crippen LogP contribution in [0.5, 0.6) is 5.75 Å². The van der Waals surface area contributed by atoms with Crippen molar-refractivity contribution in [1.82, 2.24) is 25.1 Å². The third kappa shape index (κ3) is 4.42. The monoisotopic (exact) mass is 460 g/mol. The Morgan fingerprint density at radius 3 is 2.55 bits per heavy atom. The van der Waals surface area contributed by atoms with Crippen molar-refractivity contribution in [2.24, 2.45) is 11.0 Å². The van der Waals surface area contributed by atoms with Crippen LogP contribution < -0.4 is 4.74 Å². The van der Waals surface area contributed by atoms with Crippen LogP contribution in [-0.2, 0) is 4.74 Å². The fraction of sp³-hybridized carbons (Fsp3) is 0.250. The lowest BCUT2D eigenvalue weighted by Gasteiger charge is -2.24. The van der Waals surface area contributed by atoms with Crippen LogP contribution in [0.3, 0.4) is 0 Å². The highest BCUT2D eigenvalue weighted by Crippen LogP contribution is 2.34. The van der Waals surface area contributed by atoms with Crippen LogP contribution in [0, 0.1) is 5.92 Å². The lowest BCUT2D eigenvalue weighted by Crippen LogP contribution is -2.28. The van der Waals surface area contributed by atoms with Gasteiger partial charge in [-0.2, -0.15) is 14.9 Å². The molecule has 0 spiro atoms. The van der Waals surface area contributed by atoms with Crippen molar-refractivity contribution < 1.29 is 9.47 Å². The van der Waals surface area contributed by atoms with E-state index in [-0.39, 0.29) is 5.44 Å². The number of H-pyrrole nitrogens is 1. The highest BCUT2D eigenvalue weighted by Gasteiger charge is 2.30. The lowest BCUT2D eigenvalue weighted by molar-refractivity contribution is 0.123. The van der Waals surface area contributed by atoms with Crippen molar-refractivity contribution in [3.05, 3.63) is 66.2 Å². The summed E-state index contributed by atoms with van der Waals surface area (Å²) in [5, 5.41) is 21.9. The van der Waals surface area contributed by atoms with Crippen molar-refractivity contribution in [2.75, 3.05) is 13.7 Å². The number of rotatable bonds is 7. The topological polar surface area (TPSA) is 90.2 Å². The van der Waals surface area contributed by atoms with E-state index < -0.39 is 0 Å². The van der Waals surface area contributed by atoms with Gasteiger partial charge in [-0.25, -0.2) is 0 Å². The van der Waals surface area contributed by atoms with E-state index in [1.165, 1.54) is 11.8 Å². The third-order valence-electron chi connectivity index (χ3n) is 5.11. The second-order valence-electron chi connectivity index (χ2n) is 8.04. The van der Waals surface area contributed by atoms with Gasteiger partial charge in [0.2, 0.25) is 11.0 Å². The summed E-state index contributed by atoms with van der Waals surface area (Å²) in [6.07, 6.45) is 0. The summed E-state index contributed by atoms with van der Waals surface area (Å²) in [7, 11) is 1.65. The quantitative estimate of drug-likeness (QED) is 0.430. The molecule has 0 saturated carbocycles. The normalized spacial score (nSPS) is 15.4. The molecule has 2 aromatic carbocycles. The second kappa shape index (κ2) is 9.21. The average molecular weight is 461 g/mol. The molecule has 33 heavy (non-hydrogen) atoms. The van der Waals surface area contributed by atoms with E-state index in [2.05, 4.69) is 34.2 Å². The minimum Gasteiger partial charge on any atom is -0.497 e. The molecular formula is C24H24N6O2S. The molecule has 1 aliphatic heterocycles. The van der Waals surface area contributed by atoms with E-state index >= 15 is 0 Å². The van der Waals surface area contributed by atoms with E-state index in [9.17, 15) is 0 Å². The van der Waals surface area contributed by atoms with E-state index in [0.717, 1.165) is 34.0 Å². The Hall–Kier alpha value is -3.43. The number of hydrogen-bond acceptors (Lipinski definition) is 7. The number of nitrogens with one attached hydrogen (secondary N) is 1. The Morgan fingerprint density at radius 2 is 1.82 bits per heavy atom. The van der Waals surface area contributed by atoms with Gasteiger partial charge in [-0.05, 0) is 48.0 Å². The molecule has 0 radical (unpaired) electrons. The molecule has 0 bridgehead atoms. The standard InChI is InChI=1S/C24H24N6O2S/c1-15(2)14-32-23-21(17-9-11-18(31-3)12-10-17)29-30-22(27-28-24(30)33-23)20-13-19(25-26-20)16-7-5-4-6-8-16/h4-13,15,23H,14H2,1-3H3,(H,25,26). The van der Waals surface area contributed by atoms with Gasteiger partial charge in [0.25, 0.3) is 0 Å². The van der Waals surface area contributed by atoms with Crippen molar-refractivity contribution in [1.29, 1.82) is 0 Å². The molecule has 5 rings (SSSR count). The van der Waals surface area contributed by atoms with Crippen LogP contribution in [0.2, 0.25) is 0 Å². The van der Waals surface area contributed by atoms with Gasteiger partial charge in [-0.3, -0.25) is 5.10 Å². The van der Waals surface area contributed by atoms with Gasteiger partial charge in [-0.1, -0.05) is 44.2 Å². The maximum absolute atomic E-state index is 6.20. The molecular weight excluding hydrogens is 436 g/mol. The Kier molecular flexibility index (Phi) is 5.97. The van der Waals surface area contributed by atoms with Gasteiger partial charge in [0.05, 0.1) is 19.4 Å². The number of nitrogens with zero attached hydrogens (tertiary/aromatic N) is 5. The summed E-state index contributed by atoms with van der Waals surface area (Å²) in [5.74, 6) is 1.79. The SMILES string of the molecule is COc1ccc(C2=Nn3c(nnc3-c3cc(-c4ccccc4)n[nH]3)SC2OCC(C)C)cc1. The van der Waals surface area contributed by atoms with Crippen molar-refractivity contribution >= 4 is 17.5 Å². The van der Waals surface area contributed by atoms with Crippen LogP contribution >= 0.6 is 11.8 Å². The minimum absolute atomic E-state index is 0.285. The zero-order chi connectivity index (χ0) is 22.8. The minimum atomic E-state index is -0.285. The molecule has 4 aromatic rings. The first-order valence-corrected chi connectivity index (χ1v) is 11.6. The van der Waals surface area contributed by atoms with Gasteiger partial charge in [0.15, 0.2) is 5.44 Å². The highest BCUT2D eigenvalue weighted by molar-refractivity contribution is 8.00. The number of fused-ring (bicyclic) bond motifs is 1. The van der Waals surface area contributed by atoms with Gasteiger partial charge >= 0.3 is 0 Å². The first-order valence-electron chi connectivity index (χ1n) is 10.7. The second-order valence-corrected chi connectivity index (χ2v) is 9.07. The number of ether oxygens (including phenoxy) is 2. The summed E-state index contributed by atoms with van der Waals surface area (Å²) in [5.41, 5.74) is 4.08. The molecule has 1 N–H and O–H groups in total. The Bertz CT molecular complexity index is 1260. The molecule has 0 amide bonds. The predicted octanol–water partition coefficient (Wildman–Crippen LogP) is 4.70. The zero-order valence-corrected chi connectivity index (χ0v) is 19.4. The van der Waals surface area contributed by atoms with Crippen LogP contribution in [0.15, 0.2) is 70.9 Å². The number of aromatic amines is 1. The molecule has 3 heterocycles. The molecule has 2 aromatic heterocycles. The Morgan fingerprint density at radius 1 is 1.03 bits per heavy atom. The molecule has 1 aliphatic rings. The number of methoxy groups -OCH3 is 1. The average Bonchev–Trinajstić information content (AvgIpc) is 3.49. The first kappa shape index (κ1) is 21.4. The molecule has 9 heteroatoms. The largest absolute Gasteiger partial charge is 0.497 e. The van der Waals surface area contributed by atoms with Crippen LogP contribution in [0.25, 0.3) is 22.8 Å². The zero-order valence-electron chi connectivity index (χ0n) is 18.6. The number of thioether (sulfide) groups is 1. The van der Waals surface area contributed by atoms with Gasteiger partial charge < -0.3 is 9.47 Å². The molecule has 0 fully saturated rings.